The molecule has 9 heteroatoms. The lowest BCUT2D eigenvalue weighted by Crippen LogP contribution is -2.38. The number of fused-ring (bicyclic) bond motifs is 1. The predicted molar refractivity (Wildman–Crippen MR) is 166 cm³/mol. The molecule has 222 valence electrons. The summed E-state index contributed by atoms with van der Waals surface area (Å²) in [6, 6.07) is 26.7. The van der Waals surface area contributed by atoms with Crippen LogP contribution < -0.4 is 19.3 Å². The van der Waals surface area contributed by atoms with Gasteiger partial charge in [-0.05, 0) is 83.3 Å². The number of nitrogens with zero attached hydrogens (tertiary/aromatic N) is 3. The molecule has 1 aliphatic carbocycles. The zero-order chi connectivity index (χ0) is 29.2. The Morgan fingerprint density at radius 1 is 0.930 bits per heavy atom. The van der Waals surface area contributed by atoms with Crippen molar-refractivity contribution in [2.75, 3.05) is 55.7 Å². The summed E-state index contributed by atoms with van der Waals surface area (Å²) in [5, 5.41) is 2.40. The van der Waals surface area contributed by atoms with Crippen LogP contribution in [0.4, 0.5) is 20.6 Å². The van der Waals surface area contributed by atoms with Crippen molar-refractivity contribution < 1.29 is 23.4 Å². The van der Waals surface area contributed by atoms with E-state index in [-0.39, 0.29) is 5.82 Å². The van der Waals surface area contributed by atoms with Crippen LogP contribution in [-0.4, -0.2) is 56.9 Å². The van der Waals surface area contributed by atoms with Gasteiger partial charge in [-0.15, -0.1) is 11.3 Å². The standard InChI is InChI=1S/C34H34FN3O4S/c35-31-19-25(10-13-32(31)37-14-16-40-17-15-37)38(34(39)42-33-7-4-18-43-33)23-30-28-21-36(22-29(28)30)20-24-8-11-27(12-9-24)41-26-5-2-1-3-6-26/h1-13,18-19,28-30H,14-17,20-23H2. The molecule has 1 amide bonds. The topological polar surface area (TPSA) is 54.5 Å². The molecule has 2 atom stereocenters. The third kappa shape index (κ3) is 6.39. The number of carbonyl (C=O) groups excluding carboxylic acids is 1. The first-order chi connectivity index (χ1) is 21.1. The quantitative estimate of drug-likeness (QED) is 0.209. The van der Waals surface area contributed by atoms with E-state index in [0.29, 0.717) is 67.0 Å². The molecule has 7 rings (SSSR count). The van der Waals surface area contributed by atoms with Gasteiger partial charge in [-0.2, -0.15) is 0 Å². The highest BCUT2D eigenvalue weighted by molar-refractivity contribution is 7.11. The molecule has 3 heterocycles. The number of thiophene rings is 1. The van der Waals surface area contributed by atoms with Crippen molar-refractivity contribution in [3.05, 3.63) is 102 Å². The van der Waals surface area contributed by atoms with E-state index in [4.69, 9.17) is 14.2 Å². The fourth-order valence-corrected chi connectivity index (χ4v) is 6.93. The average molecular weight is 600 g/mol. The lowest BCUT2D eigenvalue weighted by atomic mass is 10.1. The van der Waals surface area contributed by atoms with E-state index in [9.17, 15) is 4.79 Å². The second kappa shape index (κ2) is 12.4. The normalized spacial score (nSPS) is 21.3. The number of rotatable bonds is 9. The van der Waals surface area contributed by atoms with Gasteiger partial charge in [-0.25, -0.2) is 9.18 Å². The van der Waals surface area contributed by atoms with Crippen molar-refractivity contribution >= 4 is 28.8 Å². The number of anilines is 2. The Morgan fingerprint density at radius 2 is 1.67 bits per heavy atom. The average Bonchev–Trinajstić information content (AvgIpc) is 3.36. The van der Waals surface area contributed by atoms with Crippen molar-refractivity contribution in [2.24, 2.45) is 17.8 Å². The molecule has 1 saturated carbocycles. The predicted octanol–water partition coefficient (Wildman–Crippen LogP) is 6.90. The molecular formula is C34H34FN3O4S. The zero-order valence-corrected chi connectivity index (χ0v) is 24.6. The molecule has 2 saturated heterocycles. The number of hydrogen-bond acceptors (Lipinski definition) is 7. The van der Waals surface area contributed by atoms with Crippen LogP contribution in [-0.2, 0) is 11.3 Å². The van der Waals surface area contributed by atoms with Crippen molar-refractivity contribution in [1.29, 1.82) is 0 Å². The molecule has 0 spiro atoms. The van der Waals surface area contributed by atoms with E-state index in [1.54, 1.807) is 17.0 Å². The summed E-state index contributed by atoms with van der Waals surface area (Å²) < 4.78 is 32.4. The highest BCUT2D eigenvalue weighted by Crippen LogP contribution is 2.52. The maximum absolute atomic E-state index is 15.3. The molecule has 43 heavy (non-hydrogen) atoms. The van der Waals surface area contributed by atoms with Crippen LogP contribution in [0.15, 0.2) is 90.3 Å². The van der Waals surface area contributed by atoms with E-state index < -0.39 is 6.09 Å². The van der Waals surface area contributed by atoms with Crippen molar-refractivity contribution in [3.8, 4) is 16.6 Å². The minimum atomic E-state index is -0.472. The number of carbonyl (C=O) groups is 1. The molecule has 2 unspecified atom stereocenters. The van der Waals surface area contributed by atoms with Gasteiger partial charge in [0.2, 0.25) is 0 Å². The summed E-state index contributed by atoms with van der Waals surface area (Å²) in [4.78, 5) is 19.5. The second-order valence-corrected chi connectivity index (χ2v) is 12.3. The van der Waals surface area contributed by atoms with Gasteiger partial charge in [0.1, 0.15) is 17.3 Å². The number of para-hydroxylation sites is 1. The largest absolute Gasteiger partial charge is 0.457 e. The van der Waals surface area contributed by atoms with E-state index in [1.165, 1.54) is 23.0 Å². The fourth-order valence-electron chi connectivity index (χ4n) is 6.37. The van der Waals surface area contributed by atoms with Gasteiger partial charge in [0, 0.05) is 39.3 Å². The van der Waals surface area contributed by atoms with Crippen molar-refractivity contribution in [2.45, 2.75) is 6.54 Å². The maximum atomic E-state index is 15.3. The summed E-state index contributed by atoms with van der Waals surface area (Å²) in [7, 11) is 0. The molecular weight excluding hydrogens is 565 g/mol. The summed E-state index contributed by atoms with van der Waals surface area (Å²) in [5.41, 5.74) is 2.31. The third-order valence-corrected chi connectivity index (χ3v) is 9.39. The Bertz CT molecular complexity index is 1520. The zero-order valence-electron chi connectivity index (χ0n) is 23.8. The van der Waals surface area contributed by atoms with E-state index >= 15 is 4.39 Å². The van der Waals surface area contributed by atoms with Crippen LogP contribution in [0, 0.1) is 23.6 Å². The van der Waals surface area contributed by atoms with Crippen molar-refractivity contribution in [3.63, 3.8) is 0 Å². The third-order valence-electron chi connectivity index (χ3n) is 8.65. The molecule has 7 nitrogen and oxygen atoms in total. The first-order valence-corrected chi connectivity index (χ1v) is 15.7. The number of halogens is 1. The number of likely N-dealkylation sites (tertiary alicyclic amines) is 1. The second-order valence-electron chi connectivity index (χ2n) is 11.4. The smallest absolute Gasteiger partial charge is 0.420 e. The molecule has 4 aromatic rings. The molecule has 0 N–H and O–H groups in total. The van der Waals surface area contributed by atoms with Crippen LogP contribution in [0.1, 0.15) is 5.56 Å². The van der Waals surface area contributed by atoms with Crippen LogP contribution in [0.2, 0.25) is 0 Å². The SMILES string of the molecule is O=C(Oc1cccs1)N(CC1C2CN(Cc3ccc(Oc4ccccc4)cc3)CC21)c1ccc(N2CCOCC2)c(F)c1. The Labute approximate surface area is 255 Å². The molecule has 3 aliphatic rings. The lowest BCUT2D eigenvalue weighted by Gasteiger charge is -2.30. The Morgan fingerprint density at radius 3 is 2.37 bits per heavy atom. The maximum Gasteiger partial charge on any atom is 0.420 e. The number of ether oxygens (including phenoxy) is 3. The number of amides is 1. The molecule has 0 bridgehead atoms. The van der Waals surface area contributed by atoms with Gasteiger partial charge < -0.3 is 19.1 Å². The lowest BCUT2D eigenvalue weighted by molar-refractivity contribution is 0.122. The first-order valence-electron chi connectivity index (χ1n) is 14.8. The molecule has 1 aromatic heterocycles. The van der Waals surface area contributed by atoms with Crippen molar-refractivity contribution in [1.82, 2.24) is 4.90 Å². The highest BCUT2D eigenvalue weighted by Gasteiger charge is 2.56. The summed E-state index contributed by atoms with van der Waals surface area (Å²) in [6.07, 6.45) is -0.472. The highest BCUT2D eigenvalue weighted by atomic mass is 32.1. The van der Waals surface area contributed by atoms with E-state index in [0.717, 1.165) is 31.1 Å². The van der Waals surface area contributed by atoms with Gasteiger partial charge in [0.05, 0.1) is 24.6 Å². The molecule has 2 aliphatic heterocycles. The molecule has 0 radical (unpaired) electrons. The van der Waals surface area contributed by atoms with Gasteiger partial charge in [0.25, 0.3) is 0 Å². The Kier molecular flexibility index (Phi) is 8.02. The van der Waals surface area contributed by atoms with Gasteiger partial charge in [-0.1, -0.05) is 30.3 Å². The number of benzene rings is 3. The van der Waals surface area contributed by atoms with E-state index in [2.05, 4.69) is 17.0 Å². The van der Waals surface area contributed by atoms with Crippen LogP contribution in [0.3, 0.4) is 0 Å². The first kappa shape index (κ1) is 27.9. The molecule has 3 fully saturated rings. The van der Waals surface area contributed by atoms with Crippen LogP contribution in [0.25, 0.3) is 0 Å². The number of hydrogen-bond donors (Lipinski definition) is 0. The Balaban J connectivity index is 0.984. The minimum Gasteiger partial charge on any atom is -0.457 e. The number of piperidine rings is 1. The van der Waals surface area contributed by atoms with Crippen LogP contribution >= 0.6 is 11.3 Å². The number of morpholine rings is 1. The molecule has 3 aromatic carbocycles. The Hall–Kier alpha value is -3.92. The summed E-state index contributed by atoms with van der Waals surface area (Å²) in [5.74, 6) is 2.69. The summed E-state index contributed by atoms with van der Waals surface area (Å²) >= 11 is 1.36. The monoisotopic (exact) mass is 599 g/mol. The van der Waals surface area contributed by atoms with Gasteiger partial charge >= 0.3 is 6.09 Å². The van der Waals surface area contributed by atoms with Gasteiger partial charge in [-0.3, -0.25) is 9.80 Å². The van der Waals surface area contributed by atoms with E-state index in [1.807, 2.05) is 64.9 Å². The summed E-state index contributed by atoms with van der Waals surface area (Å²) in [6.45, 7) is 5.80. The van der Waals surface area contributed by atoms with Crippen LogP contribution in [0.5, 0.6) is 16.6 Å². The minimum absolute atomic E-state index is 0.337. The van der Waals surface area contributed by atoms with Gasteiger partial charge in [0.15, 0.2) is 5.06 Å². The fraction of sp³-hybridized carbons (Fsp3) is 0.324.